The number of fused-ring (bicyclic) bond motifs is 1. The highest BCUT2D eigenvalue weighted by Gasteiger charge is 2.31. The average molecular weight is 346 g/mol. The second-order valence-corrected chi connectivity index (χ2v) is 6.32. The van der Waals surface area contributed by atoms with E-state index in [1.54, 1.807) is 10.7 Å². The standard InChI is InChI=1S/C16H13Cl2N5/c17-11-6-7-12(13(18)8-11)15-9-14(10-4-2-1-3-5-10)19-16-20-21-22-23(15)16/h1-8,14-15H,9H2,(H,19,20,22)/t14-,15+/m0/s1. The minimum absolute atomic E-state index is 0.0452. The van der Waals surface area contributed by atoms with Crippen molar-refractivity contribution in [1.29, 1.82) is 0 Å². The molecule has 0 aliphatic carbocycles. The van der Waals surface area contributed by atoms with Crippen molar-refractivity contribution in [3.8, 4) is 0 Å². The third-order valence-corrected chi connectivity index (χ3v) is 4.64. The zero-order chi connectivity index (χ0) is 15.8. The molecule has 2 atom stereocenters. The predicted molar refractivity (Wildman–Crippen MR) is 89.8 cm³/mol. The van der Waals surface area contributed by atoms with Crippen LogP contribution in [0.3, 0.4) is 0 Å². The summed E-state index contributed by atoms with van der Waals surface area (Å²) < 4.78 is 1.77. The lowest BCUT2D eigenvalue weighted by molar-refractivity contribution is 0.424. The number of anilines is 1. The van der Waals surface area contributed by atoms with Gasteiger partial charge in [-0.3, -0.25) is 0 Å². The number of benzene rings is 2. The highest BCUT2D eigenvalue weighted by atomic mass is 35.5. The van der Waals surface area contributed by atoms with Gasteiger partial charge in [-0.1, -0.05) is 64.7 Å². The zero-order valence-electron chi connectivity index (χ0n) is 12.0. The van der Waals surface area contributed by atoms with E-state index in [1.165, 1.54) is 5.56 Å². The number of hydrogen-bond acceptors (Lipinski definition) is 4. The van der Waals surface area contributed by atoms with Gasteiger partial charge in [0.05, 0.1) is 12.1 Å². The van der Waals surface area contributed by atoms with Crippen LogP contribution in [-0.2, 0) is 0 Å². The lowest BCUT2D eigenvalue weighted by Gasteiger charge is -2.31. The second kappa shape index (κ2) is 5.83. The molecule has 0 unspecified atom stereocenters. The molecule has 7 heteroatoms. The molecule has 0 amide bonds. The monoisotopic (exact) mass is 345 g/mol. The molecule has 1 aliphatic rings. The Morgan fingerprint density at radius 3 is 2.70 bits per heavy atom. The summed E-state index contributed by atoms with van der Waals surface area (Å²) in [6.07, 6.45) is 0.795. The summed E-state index contributed by atoms with van der Waals surface area (Å²) in [4.78, 5) is 0. The molecule has 0 spiro atoms. The molecule has 0 bridgehead atoms. The first-order valence-corrected chi connectivity index (χ1v) is 8.02. The van der Waals surface area contributed by atoms with Gasteiger partial charge in [-0.2, -0.15) is 0 Å². The van der Waals surface area contributed by atoms with Crippen LogP contribution in [0.5, 0.6) is 0 Å². The Kier molecular flexibility index (Phi) is 3.67. The fraction of sp³-hybridized carbons (Fsp3) is 0.188. The summed E-state index contributed by atoms with van der Waals surface area (Å²) in [7, 11) is 0. The Labute approximate surface area is 143 Å². The van der Waals surface area contributed by atoms with Crippen molar-refractivity contribution in [1.82, 2.24) is 20.2 Å². The number of rotatable bonds is 2. The lowest BCUT2D eigenvalue weighted by atomic mass is 9.93. The van der Waals surface area contributed by atoms with Gasteiger partial charge in [-0.05, 0) is 40.1 Å². The van der Waals surface area contributed by atoms with Gasteiger partial charge in [0.15, 0.2) is 0 Å². The average Bonchev–Trinajstić information content (AvgIpc) is 3.03. The summed E-state index contributed by atoms with van der Waals surface area (Å²) in [6, 6.07) is 15.8. The molecule has 2 aromatic carbocycles. The molecule has 0 saturated heterocycles. The van der Waals surface area contributed by atoms with E-state index in [0.29, 0.717) is 16.0 Å². The normalized spacial score (nSPS) is 19.9. The first-order chi connectivity index (χ1) is 11.2. The smallest absolute Gasteiger partial charge is 0.243 e. The van der Waals surface area contributed by atoms with E-state index < -0.39 is 0 Å². The lowest BCUT2D eigenvalue weighted by Crippen LogP contribution is -2.28. The molecule has 1 aromatic heterocycles. The summed E-state index contributed by atoms with van der Waals surface area (Å²) in [5, 5.41) is 16.6. The Morgan fingerprint density at radius 2 is 1.91 bits per heavy atom. The fourth-order valence-corrected chi connectivity index (χ4v) is 3.51. The quantitative estimate of drug-likeness (QED) is 0.758. The van der Waals surface area contributed by atoms with Gasteiger partial charge in [-0.15, -0.1) is 0 Å². The van der Waals surface area contributed by atoms with Gasteiger partial charge in [0.2, 0.25) is 5.95 Å². The summed E-state index contributed by atoms with van der Waals surface area (Å²) in [5.41, 5.74) is 2.16. The molecule has 3 aromatic rings. The minimum atomic E-state index is -0.0452. The predicted octanol–water partition coefficient (Wildman–Crippen LogP) is 4.13. The number of halogens is 2. The molecular weight excluding hydrogens is 333 g/mol. The minimum Gasteiger partial charge on any atom is -0.346 e. The van der Waals surface area contributed by atoms with Gasteiger partial charge in [-0.25, -0.2) is 4.68 Å². The van der Waals surface area contributed by atoms with Crippen LogP contribution in [0.4, 0.5) is 5.95 Å². The maximum absolute atomic E-state index is 6.40. The molecule has 2 heterocycles. The first kappa shape index (κ1) is 14.5. The van der Waals surface area contributed by atoms with E-state index in [-0.39, 0.29) is 12.1 Å². The highest BCUT2D eigenvalue weighted by Crippen LogP contribution is 2.39. The SMILES string of the molecule is Clc1ccc([C@H]2C[C@@H](c3ccccc3)Nc3nnnn32)c(Cl)c1. The number of aromatic nitrogens is 4. The Balaban J connectivity index is 1.77. The van der Waals surface area contributed by atoms with Crippen LogP contribution in [0.25, 0.3) is 0 Å². The highest BCUT2D eigenvalue weighted by molar-refractivity contribution is 6.35. The van der Waals surface area contributed by atoms with Gasteiger partial charge < -0.3 is 5.32 Å². The molecule has 5 nitrogen and oxygen atoms in total. The first-order valence-electron chi connectivity index (χ1n) is 7.26. The van der Waals surface area contributed by atoms with Crippen LogP contribution >= 0.6 is 23.2 Å². The van der Waals surface area contributed by atoms with Gasteiger partial charge in [0.1, 0.15) is 0 Å². The van der Waals surface area contributed by atoms with Gasteiger partial charge in [0, 0.05) is 10.0 Å². The topological polar surface area (TPSA) is 55.6 Å². The van der Waals surface area contributed by atoms with Crippen molar-refractivity contribution in [2.75, 3.05) is 5.32 Å². The van der Waals surface area contributed by atoms with Crippen molar-refractivity contribution in [3.05, 3.63) is 69.7 Å². The molecule has 0 radical (unpaired) electrons. The largest absolute Gasteiger partial charge is 0.346 e. The molecule has 1 N–H and O–H groups in total. The van der Waals surface area contributed by atoms with Gasteiger partial charge in [0.25, 0.3) is 0 Å². The second-order valence-electron chi connectivity index (χ2n) is 5.47. The number of nitrogens with one attached hydrogen (secondary N) is 1. The molecule has 116 valence electrons. The Morgan fingerprint density at radius 1 is 1.09 bits per heavy atom. The van der Waals surface area contributed by atoms with E-state index >= 15 is 0 Å². The summed E-state index contributed by atoms with van der Waals surface area (Å²) in [5.74, 6) is 0.640. The maximum atomic E-state index is 6.40. The van der Waals surface area contributed by atoms with Crippen LogP contribution in [-0.4, -0.2) is 20.2 Å². The molecule has 23 heavy (non-hydrogen) atoms. The molecular formula is C16H13Cl2N5. The van der Waals surface area contributed by atoms with Crippen molar-refractivity contribution < 1.29 is 0 Å². The fourth-order valence-electron chi connectivity index (χ4n) is 2.97. The number of nitrogens with zero attached hydrogens (tertiary/aromatic N) is 4. The van der Waals surface area contributed by atoms with E-state index in [4.69, 9.17) is 23.2 Å². The van der Waals surface area contributed by atoms with E-state index in [1.807, 2.05) is 30.3 Å². The Bertz CT molecular complexity index is 833. The maximum Gasteiger partial charge on any atom is 0.243 e. The van der Waals surface area contributed by atoms with Crippen molar-refractivity contribution >= 4 is 29.2 Å². The summed E-state index contributed by atoms with van der Waals surface area (Å²) >= 11 is 12.4. The number of tetrazole rings is 1. The van der Waals surface area contributed by atoms with Gasteiger partial charge >= 0.3 is 0 Å². The molecule has 0 fully saturated rings. The van der Waals surface area contributed by atoms with E-state index in [2.05, 4.69) is 33.0 Å². The van der Waals surface area contributed by atoms with Crippen LogP contribution in [0, 0.1) is 0 Å². The zero-order valence-corrected chi connectivity index (χ0v) is 13.5. The third-order valence-electron chi connectivity index (χ3n) is 4.07. The summed E-state index contributed by atoms with van der Waals surface area (Å²) in [6.45, 7) is 0. The van der Waals surface area contributed by atoms with E-state index in [0.717, 1.165) is 12.0 Å². The van der Waals surface area contributed by atoms with Crippen LogP contribution in [0.15, 0.2) is 48.5 Å². The molecule has 0 saturated carbocycles. The van der Waals surface area contributed by atoms with Crippen molar-refractivity contribution in [3.63, 3.8) is 0 Å². The van der Waals surface area contributed by atoms with E-state index in [9.17, 15) is 0 Å². The van der Waals surface area contributed by atoms with Crippen LogP contribution in [0.2, 0.25) is 10.0 Å². The number of hydrogen-bond donors (Lipinski definition) is 1. The van der Waals surface area contributed by atoms with Crippen LogP contribution in [0.1, 0.15) is 29.6 Å². The Hall–Kier alpha value is -2.11. The van der Waals surface area contributed by atoms with Crippen LogP contribution < -0.4 is 5.32 Å². The van der Waals surface area contributed by atoms with Crippen molar-refractivity contribution in [2.24, 2.45) is 0 Å². The van der Waals surface area contributed by atoms with Crippen molar-refractivity contribution in [2.45, 2.75) is 18.5 Å². The third kappa shape index (κ3) is 2.66. The molecule has 4 rings (SSSR count). The molecule has 1 aliphatic heterocycles.